The van der Waals surface area contributed by atoms with Gasteiger partial charge in [0, 0.05) is 18.5 Å². The Bertz CT molecular complexity index is 634. The molecule has 0 unspecified atom stereocenters. The number of carbonyl (C=O) groups is 3. The molecule has 23 heavy (non-hydrogen) atoms. The lowest BCUT2D eigenvalue weighted by Crippen LogP contribution is -2.45. The lowest BCUT2D eigenvalue weighted by Gasteiger charge is -2.19. The zero-order valence-corrected chi connectivity index (χ0v) is 12.4. The standard InChI is InChI=1S/C12H19N7O4/c1-4-8(12(22)23)18-11(19-9(4)15)6(2-7(14)20)17-3-5(13)10(16)21/h5-6,17H,2-3,13H2,1H3,(H2,14,20)(H2,16,21)(H,22,23)(H2,15,18,19)/t5-,6+/m0/s1. The van der Waals surface area contributed by atoms with Crippen LogP contribution < -0.4 is 28.3 Å². The van der Waals surface area contributed by atoms with Crippen molar-refractivity contribution in [2.75, 3.05) is 12.3 Å². The minimum Gasteiger partial charge on any atom is -0.476 e. The van der Waals surface area contributed by atoms with Crippen LogP contribution in [0.3, 0.4) is 0 Å². The van der Waals surface area contributed by atoms with Gasteiger partial charge >= 0.3 is 5.97 Å². The van der Waals surface area contributed by atoms with E-state index in [1.165, 1.54) is 6.92 Å². The molecule has 1 heterocycles. The summed E-state index contributed by atoms with van der Waals surface area (Å²) in [6.07, 6.45) is -0.243. The largest absolute Gasteiger partial charge is 0.476 e. The first-order chi connectivity index (χ1) is 10.6. The highest BCUT2D eigenvalue weighted by atomic mass is 16.4. The van der Waals surface area contributed by atoms with E-state index in [1.54, 1.807) is 0 Å². The third-order valence-corrected chi connectivity index (χ3v) is 3.07. The fourth-order valence-electron chi connectivity index (χ4n) is 1.74. The second kappa shape index (κ2) is 7.47. The zero-order chi connectivity index (χ0) is 17.7. The van der Waals surface area contributed by atoms with Crippen LogP contribution in [0, 0.1) is 6.92 Å². The molecular weight excluding hydrogens is 306 g/mol. The highest BCUT2D eigenvalue weighted by Gasteiger charge is 2.23. The van der Waals surface area contributed by atoms with Gasteiger partial charge in [0.2, 0.25) is 11.8 Å². The molecule has 11 nitrogen and oxygen atoms in total. The topological polar surface area (TPSA) is 213 Å². The van der Waals surface area contributed by atoms with E-state index >= 15 is 0 Å². The fraction of sp³-hybridized carbons (Fsp3) is 0.417. The maximum Gasteiger partial charge on any atom is 0.354 e. The number of nitrogens with one attached hydrogen (secondary N) is 1. The highest BCUT2D eigenvalue weighted by molar-refractivity contribution is 5.88. The van der Waals surface area contributed by atoms with E-state index in [0.717, 1.165) is 0 Å². The average Bonchev–Trinajstić information content (AvgIpc) is 2.44. The van der Waals surface area contributed by atoms with E-state index in [2.05, 4.69) is 15.3 Å². The van der Waals surface area contributed by atoms with Crippen molar-refractivity contribution in [1.82, 2.24) is 15.3 Å². The van der Waals surface area contributed by atoms with E-state index in [4.69, 9.17) is 28.0 Å². The van der Waals surface area contributed by atoms with Crippen molar-refractivity contribution in [3.8, 4) is 0 Å². The predicted molar refractivity (Wildman–Crippen MR) is 79.9 cm³/mol. The van der Waals surface area contributed by atoms with Crippen LogP contribution in [0.15, 0.2) is 0 Å². The summed E-state index contributed by atoms with van der Waals surface area (Å²) in [5, 5.41) is 11.9. The lowest BCUT2D eigenvalue weighted by molar-refractivity contribution is -0.119. The third-order valence-electron chi connectivity index (χ3n) is 3.07. The molecule has 10 N–H and O–H groups in total. The molecule has 0 aromatic carbocycles. The van der Waals surface area contributed by atoms with Gasteiger partial charge in [0.15, 0.2) is 5.69 Å². The summed E-state index contributed by atoms with van der Waals surface area (Å²) < 4.78 is 0. The van der Waals surface area contributed by atoms with Gasteiger partial charge in [-0.05, 0) is 6.92 Å². The fourth-order valence-corrected chi connectivity index (χ4v) is 1.74. The van der Waals surface area contributed by atoms with Crippen LogP contribution in [0.1, 0.15) is 34.3 Å². The van der Waals surface area contributed by atoms with Crippen molar-refractivity contribution < 1.29 is 19.5 Å². The van der Waals surface area contributed by atoms with Crippen molar-refractivity contribution in [1.29, 1.82) is 0 Å². The minimum absolute atomic E-state index is 0.0390. The zero-order valence-electron chi connectivity index (χ0n) is 12.4. The van der Waals surface area contributed by atoms with Crippen molar-refractivity contribution >= 4 is 23.6 Å². The number of carbonyl (C=O) groups excluding carboxylic acids is 2. The van der Waals surface area contributed by atoms with Gasteiger partial charge in [0.25, 0.3) is 0 Å². The number of nitrogens with zero attached hydrogens (tertiary/aromatic N) is 2. The molecule has 0 spiro atoms. The summed E-state index contributed by atoms with van der Waals surface area (Å²) in [6, 6.07) is -1.87. The Morgan fingerprint density at radius 2 is 1.87 bits per heavy atom. The Balaban J connectivity index is 3.14. The van der Waals surface area contributed by atoms with Crippen LogP contribution in [0.5, 0.6) is 0 Å². The van der Waals surface area contributed by atoms with Crippen LogP contribution in [-0.2, 0) is 9.59 Å². The average molecular weight is 325 g/mol. The number of primary amides is 2. The van der Waals surface area contributed by atoms with Gasteiger partial charge in [-0.15, -0.1) is 0 Å². The second-order valence-corrected chi connectivity index (χ2v) is 4.89. The van der Waals surface area contributed by atoms with E-state index in [0.29, 0.717) is 0 Å². The lowest BCUT2D eigenvalue weighted by atomic mass is 10.1. The van der Waals surface area contributed by atoms with Crippen LogP contribution in [-0.4, -0.2) is 45.4 Å². The van der Waals surface area contributed by atoms with Crippen LogP contribution in [0.4, 0.5) is 5.82 Å². The van der Waals surface area contributed by atoms with Gasteiger partial charge in [0.1, 0.15) is 11.6 Å². The van der Waals surface area contributed by atoms with E-state index < -0.39 is 29.9 Å². The van der Waals surface area contributed by atoms with Crippen molar-refractivity contribution in [3.63, 3.8) is 0 Å². The van der Waals surface area contributed by atoms with Gasteiger partial charge in [-0.2, -0.15) is 0 Å². The first kappa shape index (κ1) is 18.3. The smallest absolute Gasteiger partial charge is 0.354 e. The molecular formula is C12H19N7O4. The quantitative estimate of drug-likeness (QED) is 0.294. The van der Waals surface area contributed by atoms with Crippen LogP contribution in [0.2, 0.25) is 0 Å². The summed E-state index contributed by atoms with van der Waals surface area (Å²) in [7, 11) is 0. The molecule has 0 saturated carbocycles. The number of amides is 2. The Morgan fingerprint density at radius 1 is 1.26 bits per heavy atom. The molecule has 0 aliphatic carbocycles. The van der Waals surface area contributed by atoms with Gasteiger partial charge in [-0.1, -0.05) is 0 Å². The number of carboxylic acid groups (broad SMARTS) is 1. The Hall–Kier alpha value is -2.79. The summed E-state index contributed by atoms with van der Waals surface area (Å²) in [5.74, 6) is -2.80. The van der Waals surface area contributed by atoms with Gasteiger partial charge in [0.05, 0.1) is 12.1 Å². The molecule has 126 valence electrons. The normalized spacial score (nSPS) is 13.3. The van der Waals surface area contributed by atoms with E-state index in [1.807, 2.05) is 0 Å². The molecule has 0 fully saturated rings. The molecule has 11 heteroatoms. The minimum atomic E-state index is -1.29. The summed E-state index contributed by atoms with van der Waals surface area (Å²) in [4.78, 5) is 41.2. The SMILES string of the molecule is Cc1c(N)nc([C@@H](CC(N)=O)NC[C@H](N)C(N)=O)nc1C(=O)O. The third kappa shape index (κ3) is 4.86. The molecule has 0 saturated heterocycles. The van der Waals surface area contributed by atoms with Crippen molar-refractivity contribution in [3.05, 3.63) is 17.1 Å². The molecule has 1 aromatic heterocycles. The number of hydrogen-bond donors (Lipinski definition) is 6. The van der Waals surface area contributed by atoms with Gasteiger partial charge in [-0.3, -0.25) is 9.59 Å². The molecule has 0 aliphatic rings. The predicted octanol–water partition coefficient (Wildman–Crippen LogP) is -2.62. The second-order valence-electron chi connectivity index (χ2n) is 4.89. The molecule has 0 bridgehead atoms. The molecule has 0 aliphatic heterocycles. The maximum absolute atomic E-state index is 11.2. The molecule has 0 radical (unpaired) electrons. The molecule has 1 aromatic rings. The molecule has 2 amide bonds. The molecule has 2 atom stereocenters. The van der Waals surface area contributed by atoms with E-state index in [-0.39, 0.29) is 35.9 Å². The number of anilines is 1. The Labute approximate surface area is 131 Å². The maximum atomic E-state index is 11.2. The Morgan fingerprint density at radius 3 is 2.35 bits per heavy atom. The molecule has 1 rings (SSSR count). The summed E-state index contributed by atoms with van der Waals surface area (Å²) in [6.45, 7) is 1.38. The van der Waals surface area contributed by atoms with Crippen molar-refractivity contribution in [2.45, 2.75) is 25.4 Å². The number of nitrogens with two attached hydrogens (primary N) is 4. The number of nitrogen functional groups attached to an aromatic ring is 1. The van der Waals surface area contributed by atoms with Gasteiger partial charge in [-0.25, -0.2) is 14.8 Å². The number of carboxylic acids is 1. The first-order valence-corrected chi connectivity index (χ1v) is 6.57. The van der Waals surface area contributed by atoms with Gasteiger partial charge < -0.3 is 33.4 Å². The summed E-state index contributed by atoms with van der Waals surface area (Å²) in [5.41, 5.74) is 21.3. The number of aromatic carboxylic acids is 1. The van der Waals surface area contributed by atoms with Crippen LogP contribution in [0.25, 0.3) is 0 Å². The number of hydrogen-bond acceptors (Lipinski definition) is 8. The van der Waals surface area contributed by atoms with Crippen molar-refractivity contribution in [2.24, 2.45) is 17.2 Å². The number of aromatic nitrogens is 2. The first-order valence-electron chi connectivity index (χ1n) is 6.57. The Kier molecular flexibility index (Phi) is 5.93. The highest BCUT2D eigenvalue weighted by Crippen LogP contribution is 2.18. The van der Waals surface area contributed by atoms with Crippen LogP contribution >= 0.6 is 0 Å². The van der Waals surface area contributed by atoms with E-state index in [9.17, 15) is 14.4 Å². The monoisotopic (exact) mass is 325 g/mol. The number of rotatable bonds is 8. The summed E-state index contributed by atoms with van der Waals surface area (Å²) >= 11 is 0.